The smallest absolute Gasteiger partial charge is 0.337 e. The first kappa shape index (κ1) is 9.63. The van der Waals surface area contributed by atoms with Crippen molar-refractivity contribution in [3.63, 3.8) is 0 Å². The number of hydrogen-bond acceptors (Lipinski definition) is 1. The van der Waals surface area contributed by atoms with Gasteiger partial charge in [-0.05, 0) is 24.6 Å². The van der Waals surface area contributed by atoms with Gasteiger partial charge in [0.2, 0.25) is 0 Å². The minimum Gasteiger partial charge on any atom is -0.478 e. The summed E-state index contributed by atoms with van der Waals surface area (Å²) in [6, 6.07) is 2.96. The Bertz CT molecular complexity index is 402. The largest absolute Gasteiger partial charge is 0.478 e. The predicted octanol–water partition coefficient (Wildman–Crippen LogP) is 2.33. The molecule has 1 aromatic carbocycles. The summed E-state index contributed by atoms with van der Waals surface area (Å²) in [4.78, 5) is 10.7. The van der Waals surface area contributed by atoms with E-state index in [0.29, 0.717) is 10.6 Å². The fourth-order valence-corrected chi connectivity index (χ4v) is 1.14. The van der Waals surface area contributed by atoms with Gasteiger partial charge in [0, 0.05) is 10.6 Å². The third-order valence-corrected chi connectivity index (χ3v) is 2.09. The Morgan fingerprint density at radius 1 is 1.62 bits per heavy atom. The molecule has 0 aromatic heterocycles. The van der Waals surface area contributed by atoms with E-state index < -0.39 is 5.97 Å². The number of carboxylic acid groups (broad SMARTS) is 1. The molecule has 13 heavy (non-hydrogen) atoms. The quantitative estimate of drug-likeness (QED) is 0.697. The lowest BCUT2D eigenvalue weighted by molar-refractivity contribution is 0.0696. The van der Waals surface area contributed by atoms with E-state index in [4.69, 9.17) is 23.1 Å². The first-order valence-corrected chi connectivity index (χ1v) is 3.94. The number of carboxylic acids is 1. The lowest BCUT2D eigenvalue weighted by Crippen LogP contribution is -2.00. The Morgan fingerprint density at radius 3 is 2.69 bits per heavy atom. The molecule has 0 atom stereocenters. The van der Waals surface area contributed by atoms with Crippen LogP contribution in [0.4, 0.5) is 0 Å². The second-order valence-corrected chi connectivity index (χ2v) is 3.00. The first-order valence-electron chi connectivity index (χ1n) is 3.56. The van der Waals surface area contributed by atoms with E-state index in [1.165, 1.54) is 6.07 Å². The summed E-state index contributed by atoms with van der Waals surface area (Å²) < 4.78 is 0. The maximum atomic E-state index is 10.7. The van der Waals surface area contributed by atoms with Crippen molar-refractivity contribution in [1.29, 1.82) is 0 Å². The highest BCUT2D eigenvalue weighted by Crippen LogP contribution is 2.20. The van der Waals surface area contributed by atoms with E-state index in [-0.39, 0.29) is 5.56 Å². The van der Waals surface area contributed by atoms with Crippen molar-refractivity contribution >= 4 is 17.6 Å². The van der Waals surface area contributed by atoms with Gasteiger partial charge in [0.25, 0.3) is 0 Å². The molecule has 1 N–H and O–H groups in total. The third kappa shape index (κ3) is 1.82. The Kier molecular flexibility index (Phi) is 2.60. The van der Waals surface area contributed by atoms with E-state index in [1.54, 1.807) is 13.0 Å². The van der Waals surface area contributed by atoms with Crippen LogP contribution in [-0.4, -0.2) is 11.1 Å². The van der Waals surface area contributed by atoms with Crippen LogP contribution >= 0.6 is 11.6 Å². The number of halogens is 1. The fourth-order valence-electron chi connectivity index (χ4n) is 0.978. The predicted molar refractivity (Wildman–Crippen MR) is 51.1 cm³/mol. The van der Waals surface area contributed by atoms with Crippen LogP contribution in [0, 0.1) is 19.3 Å². The van der Waals surface area contributed by atoms with E-state index in [9.17, 15) is 4.79 Å². The molecule has 0 fully saturated rings. The van der Waals surface area contributed by atoms with Crippen molar-refractivity contribution in [2.24, 2.45) is 0 Å². The molecule has 66 valence electrons. The molecule has 0 amide bonds. The van der Waals surface area contributed by atoms with E-state index in [2.05, 4.69) is 5.92 Å². The fraction of sp³-hybridized carbons (Fsp3) is 0.100. The van der Waals surface area contributed by atoms with Crippen LogP contribution in [0.3, 0.4) is 0 Å². The molecule has 1 rings (SSSR count). The van der Waals surface area contributed by atoms with Gasteiger partial charge in [-0.25, -0.2) is 4.79 Å². The number of aryl methyl sites for hydroxylation is 1. The number of benzene rings is 1. The molecule has 3 heteroatoms. The van der Waals surface area contributed by atoms with Gasteiger partial charge in [0.1, 0.15) is 0 Å². The van der Waals surface area contributed by atoms with Gasteiger partial charge in [-0.1, -0.05) is 17.5 Å². The van der Waals surface area contributed by atoms with Crippen molar-refractivity contribution in [3.05, 3.63) is 33.8 Å². The van der Waals surface area contributed by atoms with Crippen LogP contribution in [0.15, 0.2) is 12.1 Å². The SMILES string of the molecule is C#Cc1cc(C)c(Cl)cc1C(=O)O. The minimum absolute atomic E-state index is 0.0677. The maximum absolute atomic E-state index is 10.7. The monoisotopic (exact) mass is 194 g/mol. The molecular weight excluding hydrogens is 188 g/mol. The molecule has 0 saturated carbocycles. The van der Waals surface area contributed by atoms with Crippen molar-refractivity contribution in [1.82, 2.24) is 0 Å². The summed E-state index contributed by atoms with van der Waals surface area (Å²) in [6.45, 7) is 1.77. The highest BCUT2D eigenvalue weighted by molar-refractivity contribution is 6.31. The van der Waals surface area contributed by atoms with E-state index >= 15 is 0 Å². The average Bonchev–Trinajstić information content (AvgIpc) is 2.08. The summed E-state index contributed by atoms with van der Waals surface area (Å²) in [6.07, 6.45) is 5.15. The van der Waals surface area contributed by atoms with Crippen molar-refractivity contribution in [3.8, 4) is 12.3 Å². The number of aromatic carboxylic acids is 1. The third-order valence-electron chi connectivity index (χ3n) is 1.68. The lowest BCUT2D eigenvalue weighted by Gasteiger charge is -2.02. The molecular formula is C10H7ClO2. The Labute approximate surface area is 81.1 Å². The highest BCUT2D eigenvalue weighted by atomic mass is 35.5. The van der Waals surface area contributed by atoms with E-state index in [1.807, 2.05) is 0 Å². The number of terminal acetylenes is 1. The van der Waals surface area contributed by atoms with Gasteiger partial charge in [-0.2, -0.15) is 0 Å². The Hall–Kier alpha value is -1.46. The van der Waals surface area contributed by atoms with Crippen molar-refractivity contribution in [2.45, 2.75) is 6.92 Å². The van der Waals surface area contributed by atoms with Gasteiger partial charge in [0.05, 0.1) is 5.56 Å². The summed E-state index contributed by atoms with van der Waals surface area (Å²) in [7, 11) is 0. The molecule has 0 unspecified atom stereocenters. The average molecular weight is 195 g/mol. The Morgan fingerprint density at radius 2 is 2.23 bits per heavy atom. The molecule has 0 aliphatic rings. The standard InChI is InChI=1S/C10H7ClO2/c1-3-7-4-6(2)9(11)5-8(7)10(12)13/h1,4-5H,2H3,(H,12,13). The summed E-state index contributed by atoms with van der Waals surface area (Å²) in [5.41, 5.74) is 1.20. The van der Waals surface area contributed by atoms with Gasteiger partial charge in [-0.15, -0.1) is 6.42 Å². The van der Waals surface area contributed by atoms with E-state index in [0.717, 1.165) is 5.56 Å². The van der Waals surface area contributed by atoms with Gasteiger partial charge in [-0.3, -0.25) is 0 Å². The van der Waals surface area contributed by atoms with Gasteiger partial charge in [0.15, 0.2) is 0 Å². The number of hydrogen-bond donors (Lipinski definition) is 1. The van der Waals surface area contributed by atoms with Crippen molar-refractivity contribution in [2.75, 3.05) is 0 Å². The van der Waals surface area contributed by atoms with Gasteiger partial charge < -0.3 is 5.11 Å². The minimum atomic E-state index is -1.06. The normalized spacial score (nSPS) is 9.31. The second kappa shape index (κ2) is 3.51. The van der Waals surface area contributed by atoms with Crippen LogP contribution in [0.5, 0.6) is 0 Å². The van der Waals surface area contributed by atoms with Crippen LogP contribution in [0.2, 0.25) is 5.02 Å². The zero-order valence-electron chi connectivity index (χ0n) is 6.97. The molecule has 1 aromatic rings. The van der Waals surface area contributed by atoms with Gasteiger partial charge >= 0.3 is 5.97 Å². The van der Waals surface area contributed by atoms with Crippen molar-refractivity contribution < 1.29 is 9.90 Å². The van der Waals surface area contributed by atoms with Crippen LogP contribution < -0.4 is 0 Å². The maximum Gasteiger partial charge on any atom is 0.337 e. The summed E-state index contributed by atoms with van der Waals surface area (Å²) >= 11 is 5.75. The molecule has 0 saturated heterocycles. The van der Waals surface area contributed by atoms with Crippen LogP contribution in [0.1, 0.15) is 21.5 Å². The second-order valence-electron chi connectivity index (χ2n) is 2.60. The Balaban J connectivity index is 3.44. The highest BCUT2D eigenvalue weighted by Gasteiger charge is 2.10. The topological polar surface area (TPSA) is 37.3 Å². The lowest BCUT2D eigenvalue weighted by atomic mass is 10.1. The molecule has 0 heterocycles. The summed E-state index contributed by atoms with van der Waals surface area (Å²) in [5.74, 6) is 1.25. The molecule has 0 aliphatic carbocycles. The molecule has 0 aliphatic heterocycles. The number of rotatable bonds is 1. The van der Waals surface area contributed by atoms with Crippen LogP contribution in [0.25, 0.3) is 0 Å². The zero-order valence-corrected chi connectivity index (χ0v) is 7.72. The molecule has 0 radical (unpaired) electrons. The number of carbonyl (C=O) groups is 1. The zero-order chi connectivity index (χ0) is 10.0. The first-order chi connectivity index (χ1) is 6.06. The molecule has 2 nitrogen and oxygen atoms in total. The molecule has 0 spiro atoms. The molecule has 0 bridgehead atoms. The summed E-state index contributed by atoms with van der Waals surface area (Å²) in [5, 5.41) is 9.17. The van der Waals surface area contributed by atoms with Crippen LogP contribution in [-0.2, 0) is 0 Å².